The Morgan fingerprint density at radius 2 is 1.90 bits per heavy atom. The van der Waals surface area contributed by atoms with E-state index in [0.29, 0.717) is 19.7 Å². The summed E-state index contributed by atoms with van der Waals surface area (Å²) in [5, 5.41) is 6.84. The van der Waals surface area contributed by atoms with Crippen molar-refractivity contribution in [2.45, 2.75) is 18.9 Å². The predicted molar refractivity (Wildman–Crippen MR) is 128 cm³/mol. The third-order valence-corrected chi connectivity index (χ3v) is 5.15. The quantitative estimate of drug-likeness (QED) is 0.273. The molecule has 1 amide bonds. The summed E-state index contributed by atoms with van der Waals surface area (Å²) in [6.07, 6.45) is 1.68. The lowest BCUT2D eigenvalue weighted by molar-refractivity contribution is -0.121. The molecule has 0 saturated heterocycles. The van der Waals surface area contributed by atoms with Gasteiger partial charge in [-0.1, -0.05) is 30.3 Å². The molecule has 2 N–H and O–H groups in total. The van der Waals surface area contributed by atoms with Gasteiger partial charge >= 0.3 is 0 Å². The number of carbonyl (C=O) groups excluding carboxylic acids is 1. The van der Waals surface area contributed by atoms with Crippen LogP contribution >= 0.6 is 24.0 Å². The zero-order valence-electron chi connectivity index (χ0n) is 17.0. The number of nitrogens with zero attached hydrogens (tertiary/aromatic N) is 2. The van der Waals surface area contributed by atoms with Crippen LogP contribution in [0, 0.1) is 0 Å². The van der Waals surface area contributed by atoms with Gasteiger partial charge in [0, 0.05) is 32.1 Å². The Morgan fingerprint density at radius 3 is 2.73 bits per heavy atom. The summed E-state index contributed by atoms with van der Waals surface area (Å²) in [4.78, 5) is 18.4. The highest BCUT2D eigenvalue weighted by molar-refractivity contribution is 14.0. The number of anilines is 1. The van der Waals surface area contributed by atoms with E-state index in [2.05, 4.69) is 21.7 Å². The highest BCUT2D eigenvalue weighted by Gasteiger charge is 2.25. The van der Waals surface area contributed by atoms with Crippen molar-refractivity contribution >= 4 is 41.5 Å². The van der Waals surface area contributed by atoms with Gasteiger partial charge in [0.05, 0.1) is 18.3 Å². The molecule has 1 atom stereocenters. The number of carbonyl (C=O) groups is 1. The highest BCUT2D eigenvalue weighted by atomic mass is 127. The first kappa shape index (κ1) is 22.2. The van der Waals surface area contributed by atoms with E-state index in [1.807, 2.05) is 42.5 Å². The molecule has 160 valence electrons. The van der Waals surface area contributed by atoms with Crippen LogP contribution in [0.5, 0.6) is 11.5 Å². The Hall–Kier alpha value is -2.49. The monoisotopic (exact) mass is 522 g/mol. The molecule has 4 rings (SSSR count). The van der Waals surface area contributed by atoms with Crippen molar-refractivity contribution < 1.29 is 14.3 Å². The summed E-state index contributed by atoms with van der Waals surface area (Å²) >= 11 is 0. The third kappa shape index (κ3) is 4.97. The summed E-state index contributed by atoms with van der Waals surface area (Å²) in [5.41, 5.74) is 1.99. The minimum absolute atomic E-state index is 0. The molecule has 1 unspecified atom stereocenters. The second kappa shape index (κ2) is 10.5. The van der Waals surface area contributed by atoms with Gasteiger partial charge in [-0.2, -0.15) is 0 Å². The molecule has 8 heteroatoms. The zero-order valence-corrected chi connectivity index (χ0v) is 19.3. The molecule has 2 aliphatic heterocycles. The number of hydrogen-bond donors (Lipinski definition) is 2. The molecule has 2 aromatic rings. The lowest BCUT2D eigenvalue weighted by Gasteiger charge is -2.30. The maximum absolute atomic E-state index is 12.3. The van der Waals surface area contributed by atoms with Crippen LogP contribution in [0.25, 0.3) is 0 Å². The SMILES string of the molecule is CN=C(NCCCN1C(=O)COc2ccccc21)NC1CCOc2ccccc21.I. The molecule has 2 heterocycles. The van der Waals surface area contributed by atoms with Gasteiger partial charge in [-0.3, -0.25) is 9.79 Å². The summed E-state index contributed by atoms with van der Waals surface area (Å²) in [7, 11) is 1.77. The van der Waals surface area contributed by atoms with Gasteiger partial charge in [-0.15, -0.1) is 24.0 Å². The van der Waals surface area contributed by atoms with E-state index >= 15 is 0 Å². The number of ether oxygens (including phenoxy) is 2. The minimum Gasteiger partial charge on any atom is -0.493 e. The van der Waals surface area contributed by atoms with E-state index in [1.54, 1.807) is 11.9 Å². The Bertz CT molecular complexity index is 905. The summed E-state index contributed by atoms with van der Waals surface area (Å²) in [6.45, 7) is 2.11. The van der Waals surface area contributed by atoms with Gasteiger partial charge in [0.1, 0.15) is 11.5 Å². The normalized spacial score (nSPS) is 17.6. The van der Waals surface area contributed by atoms with Gasteiger partial charge in [-0.05, 0) is 24.6 Å². The maximum Gasteiger partial charge on any atom is 0.265 e. The third-order valence-electron chi connectivity index (χ3n) is 5.15. The molecule has 7 nitrogen and oxygen atoms in total. The molecule has 30 heavy (non-hydrogen) atoms. The van der Waals surface area contributed by atoms with E-state index in [4.69, 9.17) is 9.47 Å². The van der Waals surface area contributed by atoms with Crippen molar-refractivity contribution in [3.63, 3.8) is 0 Å². The first-order valence-corrected chi connectivity index (χ1v) is 9.97. The largest absolute Gasteiger partial charge is 0.493 e. The molecular formula is C22H27IN4O3. The molecule has 2 aliphatic rings. The molecule has 0 fully saturated rings. The number of benzene rings is 2. The second-order valence-electron chi connectivity index (χ2n) is 7.03. The summed E-state index contributed by atoms with van der Waals surface area (Å²) < 4.78 is 11.2. The fraction of sp³-hybridized carbons (Fsp3) is 0.364. The van der Waals surface area contributed by atoms with Gasteiger partial charge in [0.15, 0.2) is 12.6 Å². The topological polar surface area (TPSA) is 75.2 Å². The molecule has 0 aromatic heterocycles. The Morgan fingerprint density at radius 1 is 1.13 bits per heavy atom. The molecular weight excluding hydrogens is 495 g/mol. The van der Waals surface area contributed by atoms with E-state index in [9.17, 15) is 4.79 Å². The number of amides is 1. The fourth-order valence-electron chi connectivity index (χ4n) is 3.69. The molecule has 2 aromatic carbocycles. The molecule has 0 bridgehead atoms. The molecule has 0 aliphatic carbocycles. The van der Waals surface area contributed by atoms with Crippen molar-refractivity contribution in [2.75, 3.05) is 38.3 Å². The van der Waals surface area contributed by atoms with Crippen LogP contribution in [0.15, 0.2) is 53.5 Å². The van der Waals surface area contributed by atoms with Crippen LogP contribution in [0.1, 0.15) is 24.4 Å². The van der Waals surface area contributed by atoms with Crippen molar-refractivity contribution in [3.05, 3.63) is 54.1 Å². The average Bonchev–Trinajstić information content (AvgIpc) is 2.77. The number of hydrogen-bond acceptors (Lipinski definition) is 4. The number of fused-ring (bicyclic) bond motifs is 2. The van der Waals surface area contributed by atoms with Crippen LogP contribution < -0.4 is 25.0 Å². The predicted octanol–water partition coefficient (Wildman–Crippen LogP) is 3.11. The maximum atomic E-state index is 12.3. The smallest absolute Gasteiger partial charge is 0.265 e. The van der Waals surface area contributed by atoms with E-state index in [1.165, 1.54) is 0 Å². The zero-order chi connectivity index (χ0) is 20.1. The Labute approximate surface area is 193 Å². The number of nitrogens with one attached hydrogen (secondary N) is 2. The van der Waals surface area contributed by atoms with Crippen molar-refractivity contribution in [1.29, 1.82) is 0 Å². The minimum atomic E-state index is -0.00924. The summed E-state index contributed by atoms with van der Waals surface area (Å²) in [5.74, 6) is 2.43. The van der Waals surface area contributed by atoms with E-state index < -0.39 is 0 Å². The highest BCUT2D eigenvalue weighted by Crippen LogP contribution is 2.32. The number of para-hydroxylation sites is 3. The van der Waals surface area contributed by atoms with Gasteiger partial charge in [0.2, 0.25) is 0 Å². The average molecular weight is 522 g/mol. The van der Waals surface area contributed by atoms with Crippen molar-refractivity contribution in [1.82, 2.24) is 10.6 Å². The first-order chi connectivity index (χ1) is 14.3. The molecule has 0 radical (unpaired) electrons. The second-order valence-corrected chi connectivity index (χ2v) is 7.03. The van der Waals surface area contributed by atoms with Crippen LogP contribution in [-0.4, -0.2) is 45.2 Å². The van der Waals surface area contributed by atoms with Crippen LogP contribution in [0.2, 0.25) is 0 Å². The van der Waals surface area contributed by atoms with Crippen LogP contribution in [-0.2, 0) is 4.79 Å². The summed E-state index contributed by atoms with van der Waals surface area (Å²) in [6, 6.07) is 15.9. The van der Waals surface area contributed by atoms with Crippen molar-refractivity contribution in [2.24, 2.45) is 4.99 Å². The van der Waals surface area contributed by atoms with Crippen LogP contribution in [0.4, 0.5) is 5.69 Å². The number of halogens is 1. The number of aliphatic imine (C=N–C) groups is 1. The Balaban J connectivity index is 0.00000256. The standard InChI is InChI=1S/C22H26N4O3.HI/c1-23-22(25-17-11-14-28-19-9-4-2-7-16(17)19)24-12-6-13-26-18-8-3-5-10-20(18)29-15-21(26)27;/h2-5,7-10,17H,6,11-15H2,1H3,(H2,23,24,25);1H. The lowest BCUT2D eigenvalue weighted by atomic mass is 10.0. The van der Waals surface area contributed by atoms with Gasteiger partial charge < -0.3 is 25.0 Å². The number of guanidine groups is 1. The fourth-order valence-corrected chi connectivity index (χ4v) is 3.69. The van der Waals surface area contributed by atoms with Crippen molar-refractivity contribution in [3.8, 4) is 11.5 Å². The van der Waals surface area contributed by atoms with Gasteiger partial charge in [0.25, 0.3) is 5.91 Å². The first-order valence-electron chi connectivity index (χ1n) is 9.97. The lowest BCUT2D eigenvalue weighted by Crippen LogP contribution is -2.43. The Kier molecular flexibility index (Phi) is 7.78. The van der Waals surface area contributed by atoms with Gasteiger partial charge in [-0.25, -0.2) is 0 Å². The van der Waals surface area contributed by atoms with E-state index in [-0.39, 0.29) is 42.5 Å². The van der Waals surface area contributed by atoms with E-state index in [0.717, 1.165) is 41.6 Å². The molecule has 0 saturated carbocycles. The molecule has 0 spiro atoms. The van der Waals surface area contributed by atoms with Crippen LogP contribution in [0.3, 0.4) is 0 Å². The number of rotatable bonds is 5.